The van der Waals surface area contributed by atoms with Crippen molar-refractivity contribution in [1.29, 1.82) is 0 Å². The van der Waals surface area contributed by atoms with Crippen LogP contribution in [-0.4, -0.2) is 42.0 Å². The van der Waals surface area contributed by atoms with E-state index in [1.807, 2.05) is 6.92 Å². The quantitative estimate of drug-likeness (QED) is 0.391. The Labute approximate surface area is 174 Å². The third kappa shape index (κ3) is 4.22. The first-order valence-electron chi connectivity index (χ1n) is 9.62. The van der Waals surface area contributed by atoms with E-state index < -0.39 is 29.6 Å². The molecule has 0 radical (unpaired) electrons. The maximum atomic E-state index is 12.5. The predicted octanol–water partition coefficient (Wildman–Crippen LogP) is 2.45. The highest BCUT2D eigenvalue weighted by atomic mass is 16.6. The highest BCUT2D eigenvalue weighted by molar-refractivity contribution is 6.02. The van der Waals surface area contributed by atoms with Crippen LogP contribution in [0.15, 0.2) is 46.5 Å². The Morgan fingerprint density at radius 3 is 2.60 bits per heavy atom. The molecule has 0 amide bonds. The van der Waals surface area contributed by atoms with Crippen LogP contribution in [0.4, 0.5) is 0 Å². The lowest BCUT2D eigenvalue weighted by Gasteiger charge is -2.23. The van der Waals surface area contributed by atoms with Crippen molar-refractivity contribution in [3.63, 3.8) is 0 Å². The van der Waals surface area contributed by atoms with Crippen molar-refractivity contribution in [2.75, 3.05) is 6.61 Å². The lowest BCUT2D eigenvalue weighted by atomic mass is 9.90. The summed E-state index contributed by atoms with van der Waals surface area (Å²) < 4.78 is 22.0. The number of fused-ring (bicyclic) bond motifs is 3. The summed E-state index contributed by atoms with van der Waals surface area (Å²) in [5.41, 5.74) is -0.237. The van der Waals surface area contributed by atoms with E-state index >= 15 is 0 Å². The van der Waals surface area contributed by atoms with E-state index in [-0.39, 0.29) is 41.6 Å². The highest BCUT2D eigenvalue weighted by Gasteiger charge is 2.46. The van der Waals surface area contributed by atoms with Gasteiger partial charge in [0.15, 0.2) is 5.60 Å². The van der Waals surface area contributed by atoms with Gasteiger partial charge in [-0.25, -0.2) is 9.59 Å². The standard InChI is InChI=1S/C22H24O8/c1-11(2)6-19(25)28-16-7-12(3)15-8-18(24)22(5,30-15)9-17-20(16)14(21(26)29-17)10-27-13(4)23/h6,8-9,12,16H,7,10H2,1-5H3/b17-9+/t12-,16-,22-/m0/s1. The van der Waals surface area contributed by atoms with Crippen LogP contribution >= 0.6 is 0 Å². The molecule has 3 aliphatic rings. The molecule has 0 saturated carbocycles. The zero-order valence-electron chi connectivity index (χ0n) is 17.6. The minimum Gasteiger partial charge on any atom is -0.479 e. The van der Waals surface area contributed by atoms with Crippen LogP contribution in [0.1, 0.15) is 41.0 Å². The first kappa shape index (κ1) is 21.5. The summed E-state index contributed by atoms with van der Waals surface area (Å²) in [5, 5.41) is 0. The fraction of sp³-hybridized carbons (Fsp3) is 0.455. The van der Waals surface area contributed by atoms with Crippen molar-refractivity contribution in [3.05, 3.63) is 46.5 Å². The molecule has 3 atom stereocenters. The zero-order valence-corrected chi connectivity index (χ0v) is 17.6. The van der Waals surface area contributed by atoms with Crippen molar-refractivity contribution >= 4 is 23.7 Å². The van der Waals surface area contributed by atoms with Gasteiger partial charge >= 0.3 is 17.9 Å². The minimum atomic E-state index is -1.35. The maximum absolute atomic E-state index is 12.5. The smallest absolute Gasteiger partial charge is 0.343 e. The number of hydrogen-bond acceptors (Lipinski definition) is 8. The largest absolute Gasteiger partial charge is 0.479 e. The third-order valence-electron chi connectivity index (χ3n) is 5.00. The van der Waals surface area contributed by atoms with Crippen molar-refractivity contribution in [2.24, 2.45) is 5.92 Å². The summed E-state index contributed by atoms with van der Waals surface area (Å²) in [6, 6.07) is 0. The minimum absolute atomic E-state index is 0.0664. The SMILES string of the molecule is CC(=O)OCC1=C2/C(=C\[C@]3(C)OC(=CC3=O)[C@@H](C)C[C@@H]2OC(=O)C=C(C)C)OC1=O. The van der Waals surface area contributed by atoms with Gasteiger partial charge in [-0.1, -0.05) is 12.5 Å². The van der Waals surface area contributed by atoms with Crippen LogP contribution in [-0.2, 0) is 38.1 Å². The molecule has 30 heavy (non-hydrogen) atoms. The second kappa shape index (κ2) is 7.93. The van der Waals surface area contributed by atoms with E-state index in [4.69, 9.17) is 18.9 Å². The molecule has 8 heteroatoms. The van der Waals surface area contributed by atoms with Crippen molar-refractivity contribution in [2.45, 2.75) is 52.7 Å². The average Bonchev–Trinajstić information content (AvgIpc) is 3.08. The van der Waals surface area contributed by atoms with Crippen molar-refractivity contribution in [3.8, 4) is 0 Å². The molecular formula is C22H24O8. The van der Waals surface area contributed by atoms with Crippen LogP contribution in [0.3, 0.4) is 0 Å². The molecule has 8 nitrogen and oxygen atoms in total. The Bertz CT molecular complexity index is 944. The monoisotopic (exact) mass is 416 g/mol. The van der Waals surface area contributed by atoms with Gasteiger partial charge in [-0.15, -0.1) is 0 Å². The molecule has 0 saturated heterocycles. The number of esters is 3. The van der Waals surface area contributed by atoms with Crippen LogP contribution in [0.25, 0.3) is 0 Å². The molecule has 2 bridgehead atoms. The first-order chi connectivity index (χ1) is 14.0. The lowest BCUT2D eigenvalue weighted by Crippen LogP contribution is -2.31. The fourth-order valence-electron chi connectivity index (χ4n) is 3.51. The first-order valence-corrected chi connectivity index (χ1v) is 9.62. The van der Waals surface area contributed by atoms with Crippen LogP contribution in [0, 0.1) is 5.92 Å². The molecular weight excluding hydrogens is 392 g/mol. The number of allylic oxidation sites excluding steroid dienone is 2. The average molecular weight is 416 g/mol. The summed E-state index contributed by atoms with van der Waals surface area (Å²) in [5.74, 6) is -1.90. The van der Waals surface area contributed by atoms with Crippen LogP contribution in [0.5, 0.6) is 0 Å². The summed E-state index contributed by atoms with van der Waals surface area (Å²) in [6.07, 6.45) is 3.55. The van der Waals surface area contributed by atoms with Crippen molar-refractivity contribution in [1.82, 2.24) is 0 Å². The molecule has 0 aromatic carbocycles. The third-order valence-corrected chi connectivity index (χ3v) is 5.00. The van der Waals surface area contributed by atoms with Gasteiger partial charge in [-0.2, -0.15) is 0 Å². The Morgan fingerprint density at radius 2 is 1.97 bits per heavy atom. The Hall–Kier alpha value is -3.16. The molecule has 0 N–H and O–H groups in total. The Balaban J connectivity index is 2.12. The molecule has 0 fully saturated rings. The molecule has 0 aliphatic carbocycles. The van der Waals surface area contributed by atoms with E-state index in [2.05, 4.69) is 0 Å². The Kier molecular flexibility index (Phi) is 5.70. The van der Waals surface area contributed by atoms with E-state index in [1.54, 1.807) is 20.8 Å². The van der Waals surface area contributed by atoms with E-state index in [9.17, 15) is 19.2 Å². The number of ether oxygens (including phenoxy) is 4. The molecule has 0 unspecified atom stereocenters. The second-order valence-corrected chi connectivity index (χ2v) is 7.97. The molecule has 3 rings (SSSR count). The van der Waals surface area contributed by atoms with Gasteiger partial charge in [0, 0.05) is 36.6 Å². The zero-order chi connectivity index (χ0) is 22.2. The summed E-state index contributed by atoms with van der Waals surface area (Å²) in [4.78, 5) is 48.7. The van der Waals surface area contributed by atoms with Crippen LogP contribution < -0.4 is 0 Å². The summed E-state index contributed by atoms with van der Waals surface area (Å²) >= 11 is 0. The van der Waals surface area contributed by atoms with E-state index in [0.717, 1.165) is 5.57 Å². The van der Waals surface area contributed by atoms with Gasteiger partial charge in [0.2, 0.25) is 5.78 Å². The fourth-order valence-corrected chi connectivity index (χ4v) is 3.51. The maximum Gasteiger partial charge on any atom is 0.343 e. The number of carbonyl (C=O) groups is 4. The van der Waals surface area contributed by atoms with E-state index in [0.29, 0.717) is 5.76 Å². The summed E-state index contributed by atoms with van der Waals surface area (Å²) in [6.45, 7) is 7.82. The second-order valence-electron chi connectivity index (χ2n) is 7.97. The van der Waals surface area contributed by atoms with Gasteiger partial charge in [-0.05, 0) is 27.2 Å². The molecule has 0 spiro atoms. The van der Waals surface area contributed by atoms with Gasteiger partial charge in [-0.3, -0.25) is 9.59 Å². The molecule has 0 aromatic rings. The summed E-state index contributed by atoms with van der Waals surface area (Å²) in [7, 11) is 0. The Morgan fingerprint density at radius 1 is 1.27 bits per heavy atom. The number of carbonyl (C=O) groups excluding carboxylic acids is 4. The number of ketones is 1. The van der Waals surface area contributed by atoms with Crippen molar-refractivity contribution < 1.29 is 38.1 Å². The van der Waals surface area contributed by atoms with Gasteiger partial charge < -0.3 is 18.9 Å². The predicted molar refractivity (Wildman–Crippen MR) is 104 cm³/mol. The topological polar surface area (TPSA) is 105 Å². The number of hydrogen-bond donors (Lipinski definition) is 0. The molecule has 160 valence electrons. The van der Waals surface area contributed by atoms with Crippen LogP contribution in [0.2, 0.25) is 0 Å². The highest BCUT2D eigenvalue weighted by Crippen LogP contribution is 2.41. The van der Waals surface area contributed by atoms with Gasteiger partial charge in [0.05, 0.1) is 5.57 Å². The van der Waals surface area contributed by atoms with Gasteiger partial charge in [0.1, 0.15) is 24.2 Å². The normalized spacial score (nSPS) is 29.2. The molecule has 3 aliphatic heterocycles. The van der Waals surface area contributed by atoms with E-state index in [1.165, 1.54) is 25.2 Å². The lowest BCUT2D eigenvalue weighted by molar-refractivity contribution is -0.143. The molecule has 3 heterocycles. The van der Waals surface area contributed by atoms with Gasteiger partial charge in [0.25, 0.3) is 0 Å². The number of rotatable bonds is 4. The molecule has 0 aromatic heterocycles.